The Morgan fingerprint density at radius 3 is 1.86 bits per heavy atom. The van der Waals surface area contributed by atoms with Crippen LogP contribution in [-0.2, 0) is 37.4 Å². The van der Waals surface area contributed by atoms with Gasteiger partial charge in [0.2, 0.25) is 0 Å². The summed E-state index contributed by atoms with van der Waals surface area (Å²) in [4.78, 5) is 55.7. The Morgan fingerprint density at radius 1 is 0.612 bits per heavy atom. The first kappa shape index (κ1) is 35.9. The van der Waals surface area contributed by atoms with Gasteiger partial charge in [-0.1, -0.05) is 107 Å². The minimum atomic E-state index is -0.969. The summed E-state index contributed by atoms with van der Waals surface area (Å²) in [5.41, 5.74) is 2.27. The van der Waals surface area contributed by atoms with Crippen molar-refractivity contribution in [3.8, 4) is 0 Å². The van der Waals surface area contributed by atoms with E-state index in [-0.39, 0.29) is 53.4 Å². The smallest absolute Gasteiger partial charge is 0.142 e. The summed E-state index contributed by atoms with van der Waals surface area (Å²) in [6.07, 6.45) is 16.1. The van der Waals surface area contributed by atoms with E-state index in [4.69, 9.17) is 0 Å². The molecule has 0 aromatic heterocycles. The molecule has 6 rings (SSSR count). The summed E-state index contributed by atoms with van der Waals surface area (Å²) in [7, 11) is 0. The topological polar surface area (TPSA) is 68.3 Å². The van der Waals surface area contributed by atoms with Crippen LogP contribution in [0.15, 0.2) is 54.6 Å². The molecule has 0 aliphatic heterocycles. The predicted molar refractivity (Wildman–Crippen MR) is 196 cm³/mol. The number of carbonyl (C=O) groups is 4. The zero-order chi connectivity index (χ0) is 34.6. The molecule has 0 spiro atoms. The molecule has 0 amide bonds. The standard InChI is InChI=1S/C45H60O4/c1-44(2,38-16-8-5-9-17-38)28-39(46)29-45(3,43(49)35-24-18-32(19-25-35)31-12-6-4-7-13-31)30-42(48)34-22-20-33(21-23-34)40-26-36-14-10-11-15-37(36)27-41(40)47/h5,8-11,14-17,31-35,40H,4,6-7,12-13,18-30H2,1-3H3. The first-order valence-corrected chi connectivity index (χ1v) is 19.8. The van der Waals surface area contributed by atoms with E-state index in [0.717, 1.165) is 75.2 Å². The molecule has 2 unspecified atom stereocenters. The van der Waals surface area contributed by atoms with Crippen LogP contribution in [0.2, 0.25) is 0 Å². The number of Topliss-reactive ketones (excluding diaryl/α,β-unsaturated/α-hetero) is 4. The van der Waals surface area contributed by atoms with Gasteiger partial charge in [-0.3, -0.25) is 19.2 Å². The lowest BCUT2D eigenvalue weighted by Crippen LogP contribution is -2.41. The summed E-state index contributed by atoms with van der Waals surface area (Å²) < 4.78 is 0. The minimum Gasteiger partial charge on any atom is -0.300 e. The molecule has 4 nitrogen and oxygen atoms in total. The van der Waals surface area contributed by atoms with E-state index < -0.39 is 5.41 Å². The Morgan fingerprint density at radius 2 is 1.18 bits per heavy atom. The van der Waals surface area contributed by atoms with Crippen LogP contribution < -0.4 is 0 Å². The number of rotatable bonds is 12. The zero-order valence-corrected chi connectivity index (χ0v) is 30.5. The van der Waals surface area contributed by atoms with E-state index in [9.17, 15) is 19.2 Å². The molecule has 2 aromatic rings. The number of hydrogen-bond acceptors (Lipinski definition) is 4. The number of carbonyl (C=O) groups excluding carboxylic acids is 4. The van der Waals surface area contributed by atoms with E-state index in [1.165, 1.54) is 43.2 Å². The molecule has 4 aliphatic carbocycles. The highest BCUT2D eigenvalue weighted by molar-refractivity contribution is 5.97. The van der Waals surface area contributed by atoms with Gasteiger partial charge in [-0.15, -0.1) is 0 Å². The largest absolute Gasteiger partial charge is 0.300 e. The predicted octanol–water partition coefficient (Wildman–Crippen LogP) is 10.0. The highest BCUT2D eigenvalue weighted by Crippen LogP contribution is 2.45. The van der Waals surface area contributed by atoms with Crippen LogP contribution in [0.25, 0.3) is 0 Å². The van der Waals surface area contributed by atoms with Crippen molar-refractivity contribution in [2.24, 2.45) is 40.9 Å². The minimum absolute atomic E-state index is 0.0483. The lowest BCUT2D eigenvalue weighted by atomic mass is 9.63. The van der Waals surface area contributed by atoms with Crippen LogP contribution in [0.5, 0.6) is 0 Å². The summed E-state index contributed by atoms with van der Waals surface area (Å²) in [6, 6.07) is 18.5. The van der Waals surface area contributed by atoms with Gasteiger partial charge < -0.3 is 0 Å². The lowest BCUT2D eigenvalue weighted by Gasteiger charge is -2.39. The molecule has 0 N–H and O–H groups in total. The van der Waals surface area contributed by atoms with Crippen molar-refractivity contribution in [1.82, 2.24) is 0 Å². The second-order valence-corrected chi connectivity index (χ2v) is 17.6. The van der Waals surface area contributed by atoms with Gasteiger partial charge in [0.15, 0.2) is 0 Å². The van der Waals surface area contributed by atoms with Crippen molar-refractivity contribution in [3.63, 3.8) is 0 Å². The molecular formula is C45H60O4. The molecule has 49 heavy (non-hydrogen) atoms. The fourth-order valence-electron chi connectivity index (χ4n) is 10.6. The first-order chi connectivity index (χ1) is 23.5. The average molecular weight is 665 g/mol. The van der Waals surface area contributed by atoms with Gasteiger partial charge in [-0.2, -0.15) is 0 Å². The third-order valence-electron chi connectivity index (χ3n) is 13.5. The number of hydrogen-bond donors (Lipinski definition) is 0. The van der Waals surface area contributed by atoms with Crippen LogP contribution in [0, 0.1) is 40.9 Å². The van der Waals surface area contributed by atoms with Crippen molar-refractivity contribution < 1.29 is 19.2 Å². The van der Waals surface area contributed by atoms with E-state index in [1.807, 2.05) is 31.2 Å². The van der Waals surface area contributed by atoms with Crippen LogP contribution in [0.1, 0.15) is 140 Å². The summed E-state index contributed by atoms with van der Waals surface area (Å²) in [5.74, 6) is 2.50. The van der Waals surface area contributed by atoms with Crippen LogP contribution >= 0.6 is 0 Å². The fourth-order valence-corrected chi connectivity index (χ4v) is 10.6. The first-order valence-electron chi connectivity index (χ1n) is 19.8. The van der Waals surface area contributed by atoms with Gasteiger partial charge in [0.1, 0.15) is 23.1 Å². The van der Waals surface area contributed by atoms with E-state index in [1.54, 1.807) is 0 Å². The molecule has 0 bridgehead atoms. The molecule has 4 heteroatoms. The Kier molecular flexibility index (Phi) is 11.4. The number of fused-ring (bicyclic) bond motifs is 1. The summed E-state index contributed by atoms with van der Waals surface area (Å²) in [6.45, 7) is 6.15. The van der Waals surface area contributed by atoms with E-state index in [2.05, 4.69) is 44.2 Å². The van der Waals surface area contributed by atoms with Crippen molar-refractivity contribution in [2.45, 2.75) is 142 Å². The highest BCUT2D eigenvalue weighted by atomic mass is 16.1. The SMILES string of the molecule is CC(CC(=O)CC(C)(C)c1ccccc1)(CC(=O)C1CCC(C2Cc3ccccc3CC2=O)CC1)C(=O)C1CCC(C2CCCCC2)CC1. The average Bonchev–Trinajstić information content (AvgIpc) is 3.11. The van der Waals surface area contributed by atoms with E-state index in [0.29, 0.717) is 24.5 Å². The maximum Gasteiger partial charge on any atom is 0.142 e. The van der Waals surface area contributed by atoms with Crippen molar-refractivity contribution in [2.75, 3.05) is 0 Å². The van der Waals surface area contributed by atoms with Crippen molar-refractivity contribution >= 4 is 23.1 Å². The Bertz CT molecular complexity index is 1470. The van der Waals surface area contributed by atoms with E-state index >= 15 is 0 Å². The second kappa shape index (κ2) is 15.6. The molecule has 0 radical (unpaired) electrons. The van der Waals surface area contributed by atoms with Crippen molar-refractivity contribution in [3.05, 3.63) is 71.3 Å². The molecule has 0 heterocycles. The van der Waals surface area contributed by atoms with Crippen LogP contribution in [0.3, 0.4) is 0 Å². The molecule has 3 saturated carbocycles. The normalized spacial score (nSPS) is 27.9. The lowest BCUT2D eigenvalue weighted by molar-refractivity contribution is -0.142. The molecule has 2 atom stereocenters. The van der Waals surface area contributed by atoms with Gasteiger partial charge in [-0.05, 0) is 97.6 Å². The van der Waals surface area contributed by atoms with Crippen LogP contribution in [0.4, 0.5) is 0 Å². The number of benzene rings is 2. The zero-order valence-electron chi connectivity index (χ0n) is 30.5. The molecule has 0 saturated heterocycles. The molecular weight excluding hydrogens is 604 g/mol. The van der Waals surface area contributed by atoms with Gasteiger partial charge >= 0.3 is 0 Å². The molecule has 3 fully saturated rings. The molecule has 264 valence electrons. The Balaban J connectivity index is 1.11. The summed E-state index contributed by atoms with van der Waals surface area (Å²) >= 11 is 0. The Hall–Kier alpha value is -2.88. The van der Waals surface area contributed by atoms with Gasteiger partial charge in [-0.25, -0.2) is 0 Å². The third kappa shape index (κ3) is 8.54. The van der Waals surface area contributed by atoms with Gasteiger partial charge in [0, 0.05) is 48.9 Å². The second-order valence-electron chi connectivity index (χ2n) is 17.6. The third-order valence-corrected chi connectivity index (χ3v) is 13.5. The van der Waals surface area contributed by atoms with Crippen molar-refractivity contribution in [1.29, 1.82) is 0 Å². The summed E-state index contributed by atoms with van der Waals surface area (Å²) in [5, 5.41) is 0. The van der Waals surface area contributed by atoms with Gasteiger partial charge in [0.25, 0.3) is 0 Å². The molecule has 2 aromatic carbocycles. The monoisotopic (exact) mass is 664 g/mol. The molecule has 4 aliphatic rings. The fraction of sp³-hybridized carbons (Fsp3) is 0.644. The quantitative estimate of drug-likeness (QED) is 0.227. The highest BCUT2D eigenvalue weighted by Gasteiger charge is 2.45. The van der Waals surface area contributed by atoms with Gasteiger partial charge in [0.05, 0.1) is 0 Å². The van der Waals surface area contributed by atoms with Crippen LogP contribution in [-0.4, -0.2) is 23.1 Å². The maximum atomic E-state index is 14.5. The Labute approximate surface area is 295 Å². The number of ketones is 4. The maximum absolute atomic E-state index is 14.5.